The van der Waals surface area contributed by atoms with Crippen LogP contribution in [0.15, 0.2) is 18.2 Å². The van der Waals surface area contributed by atoms with Gasteiger partial charge in [-0.05, 0) is 30.7 Å². The summed E-state index contributed by atoms with van der Waals surface area (Å²) in [6.45, 7) is 2.11. The van der Waals surface area contributed by atoms with E-state index in [0.29, 0.717) is 6.61 Å². The molecule has 0 heterocycles. The predicted octanol–water partition coefficient (Wildman–Crippen LogP) is 2.60. The first-order chi connectivity index (χ1) is 6.15. The molecule has 0 aliphatic rings. The molecule has 70 valence electrons. The smallest absolute Gasteiger partial charge is 0.256 e. The first-order valence-electron chi connectivity index (χ1n) is 3.77. The average Bonchev–Trinajstić information content (AvgIpc) is 2.04. The molecule has 0 spiro atoms. The summed E-state index contributed by atoms with van der Waals surface area (Å²) in [4.78, 5) is 10.8. The fraction of sp³-hybridized carbons (Fsp3) is 0.222. The van der Waals surface area contributed by atoms with Crippen LogP contribution in [0.1, 0.15) is 17.3 Å². The van der Waals surface area contributed by atoms with Crippen molar-refractivity contribution >= 4 is 16.8 Å². The molecular formula is C9H8ClFO2. The zero-order chi connectivity index (χ0) is 9.84. The zero-order valence-corrected chi connectivity index (χ0v) is 7.77. The molecule has 0 fully saturated rings. The van der Waals surface area contributed by atoms with Crippen molar-refractivity contribution in [3.8, 4) is 5.75 Å². The Bertz CT molecular complexity index is 325. The molecule has 0 N–H and O–H groups in total. The van der Waals surface area contributed by atoms with Gasteiger partial charge in [0.2, 0.25) is 0 Å². The Morgan fingerprint density at radius 3 is 2.85 bits per heavy atom. The lowest BCUT2D eigenvalue weighted by Gasteiger charge is -2.06. The van der Waals surface area contributed by atoms with Gasteiger partial charge in [0, 0.05) is 6.07 Å². The Morgan fingerprint density at radius 2 is 2.31 bits per heavy atom. The molecule has 0 bridgehead atoms. The van der Waals surface area contributed by atoms with E-state index in [4.69, 9.17) is 16.3 Å². The lowest BCUT2D eigenvalue weighted by Crippen LogP contribution is -1.99. The fourth-order valence-corrected chi connectivity index (χ4v) is 1.09. The quantitative estimate of drug-likeness (QED) is 0.705. The third-order valence-electron chi connectivity index (χ3n) is 1.46. The standard InChI is InChI=1S/C9H8ClFO2/c1-2-13-8-5-6(11)3-4-7(8)9(10)12/h3-5H,2H2,1H3. The van der Waals surface area contributed by atoms with Crippen LogP contribution < -0.4 is 4.74 Å². The topological polar surface area (TPSA) is 26.3 Å². The lowest BCUT2D eigenvalue weighted by atomic mass is 10.2. The first kappa shape index (κ1) is 9.99. The van der Waals surface area contributed by atoms with Crippen molar-refractivity contribution in [1.29, 1.82) is 0 Å². The van der Waals surface area contributed by atoms with E-state index in [1.807, 2.05) is 0 Å². The zero-order valence-electron chi connectivity index (χ0n) is 7.01. The number of ether oxygens (including phenoxy) is 1. The van der Waals surface area contributed by atoms with Crippen LogP contribution >= 0.6 is 11.6 Å². The van der Waals surface area contributed by atoms with Gasteiger partial charge in [-0.1, -0.05) is 0 Å². The molecule has 4 heteroatoms. The van der Waals surface area contributed by atoms with Gasteiger partial charge in [-0.15, -0.1) is 0 Å². The van der Waals surface area contributed by atoms with Crippen LogP contribution in [0.4, 0.5) is 4.39 Å². The molecule has 0 amide bonds. The van der Waals surface area contributed by atoms with Crippen LogP contribution in [-0.2, 0) is 0 Å². The van der Waals surface area contributed by atoms with Crippen molar-refractivity contribution in [1.82, 2.24) is 0 Å². The van der Waals surface area contributed by atoms with E-state index in [1.165, 1.54) is 6.07 Å². The number of rotatable bonds is 3. The van der Waals surface area contributed by atoms with Crippen molar-refractivity contribution < 1.29 is 13.9 Å². The maximum Gasteiger partial charge on any atom is 0.256 e. The van der Waals surface area contributed by atoms with Crippen molar-refractivity contribution in [2.24, 2.45) is 0 Å². The van der Waals surface area contributed by atoms with E-state index in [2.05, 4.69) is 0 Å². The summed E-state index contributed by atoms with van der Waals surface area (Å²) < 4.78 is 17.7. The Hall–Kier alpha value is -1.09. The summed E-state index contributed by atoms with van der Waals surface area (Å²) >= 11 is 5.26. The third-order valence-corrected chi connectivity index (χ3v) is 1.66. The summed E-state index contributed by atoms with van der Waals surface area (Å²) in [6, 6.07) is 3.60. The SMILES string of the molecule is CCOc1cc(F)ccc1C(=O)Cl. The van der Waals surface area contributed by atoms with Crippen LogP contribution in [0.25, 0.3) is 0 Å². The first-order valence-corrected chi connectivity index (χ1v) is 4.15. The number of benzene rings is 1. The van der Waals surface area contributed by atoms with Crippen LogP contribution in [0, 0.1) is 5.82 Å². The van der Waals surface area contributed by atoms with Crippen LogP contribution in [0.5, 0.6) is 5.75 Å². The molecule has 13 heavy (non-hydrogen) atoms. The molecule has 0 atom stereocenters. The Balaban J connectivity index is 3.10. The highest BCUT2D eigenvalue weighted by Gasteiger charge is 2.10. The predicted molar refractivity (Wildman–Crippen MR) is 47.8 cm³/mol. The highest BCUT2D eigenvalue weighted by atomic mass is 35.5. The summed E-state index contributed by atoms with van der Waals surface area (Å²) in [5.41, 5.74) is 0.185. The molecule has 0 aliphatic heterocycles. The largest absolute Gasteiger partial charge is 0.493 e. The molecule has 0 radical (unpaired) electrons. The molecular weight excluding hydrogens is 195 g/mol. The number of carbonyl (C=O) groups excluding carboxylic acids is 1. The number of hydrogen-bond donors (Lipinski definition) is 0. The van der Waals surface area contributed by atoms with Crippen molar-refractivity contribution in [2.45, 2.75) is 6.92 Å². The Labute approximate surface area is 80.3 Å². The maximum atomic E-state index is 12.7. The van der Waals surface area contributed by atoms with Gasteiger partial charge in [0.15, 0.2) is 0 Å². The number of halogens is 2. The van der Waals surface area contributed by atoms with Crippen molar-refractivity contribution in [2.75, 3.05) is 6.61 Å². The van der Waals surface area contributed by atoms with Gasteiger partial charge in [0.25, 0.3) is 5.24 Å². The highest BCUT2D eigenvalue weighted by Crippen LogP contribution is 2.21. The van der Waals surface area contributed by atoms with Gasteiger partial charge in [-0.3, -0.25) is 4.79 Å². The van der Waals surface area contributed by atoms with Gasteiger partial charge in [-0.2, -0.15) is 0 Å². The minimum Gasteiger partial charge on any atom is -0.493 e. The summed E-state index contributed by atoms with van der Waals surface area (Å²) in [5.74, 6) is -0.271. The van der Waals surface area contributed by atoms with E-state index in [1.54, 1.807) is 6.92 Å². The molecule has 1 aromatic carbocycles. The molecule has 0 aliphatic carbocycles. The lowest BCUT2D eigenvalue weighted by molar-refractivity contribution is 0.107. The minimum absolute atomic E-state index is 0.183. The van der Waals surface area contributed by atoms with Gasteiger partial charge < -0.3 is 4.74 Å². The summed E-state index contributed by atoms with van der Waals surface area (Å²) in [7, 11) is 0. The van der Waals surface area contributed by atoms with Crippen LogP contribution in [-0.4, -0.2) is 11.8 Å². The molecule has 0 saturated heterocycles. The summed E-state index contributed by atoms with van der Waals surface area (Å²) in [5, 5.41) is -0.650. The Kier molecular flexibility index (Phi) is 3.25. The van der Waals surface area contributed by atoms with E-state index >= 15 is 0 Å². The molecule has 1 rings (SSSR count). The second-order valence-electron chi connectivity index (χ2n) is 2.35. The van der Waals surface area contributed by atoms with Crippen molar-refractivity contribution in [3.05, 3.63) is 29.6 Å². The second-order valence-corrected chi connectivity index (χ2v) is 2.69. The van der Waals surface area contributed by atoms with Gasteiger partial charge in [0.1, 0.15) is 11.6 Å². The van der Waals surface area contributed by atoms with E-state index in [9.17, 15) is 9.18 Å². The van der Waals surface area contributed by atoms with Gasteiger partial charge in [-0.25, -0.2) is 4.39 Å². The van der Waals surface area contributed by atoms with Crippen LogP contribution in [0.3, 0.4) is 0 Å². The minimum atomic E-state index is -0.650. The van der Waals surface area contributed by atoms with E-state index < -0.39 is 11.1 Å². The average molecular weight is 203 g/mol. The van der Waals surface area contributed by atoms with Gasteiger partial charge in [0.05, 0.1) is 12.2 Å². The van der Waals surface area contributed by atoms with Crippen LogP contribution in [0.2, 0.25) is 0 Å². The molecule has 0 aromatic heterocycles. The van der Waals surface area contributed by atoms with Gasteiger partial charge >= 0.3 is 0 Å². The molecule has 1 aromatic rings. The number of hydrogen-bond acceptors (Lipinski definition) is 2. The van der Waals surface area contributed by atoms with Crippen molar-refractivity contribution in [3.63, 3.8) is 0 Å². The summed E-state index contributed by atoms with van der Waals surface area (Å²) in [6.07, 6.45) is 0. The Morgan fingerprint density at radius 1 is 1.62 bits per heavy atom. The number of carbonyl (C=O) groups is 1. The normalized spacial score (nSPS) is 9.77. The second kappa shape index (κ2) is 4.23. The fourth-order valence-electron chi connectivity index (χ4n) is 0.933. The molecule has 0 unspecified atom stereocenters. The maximum absolute atomic E-state index is 12.7. The monoisotopic (exact) mass is 202 g/mol. The molecule has 0 saturated carbocycles. The molecule has 2 nitrogen and oxygen atoms in total. The van der Waals surface area contributed by atoms with E-state index in [-0.39, 0.29) is 11.3 Å². The van der Waals surface area contributed by atoms with E-state index in [0.717, 1.165) is 12.1 Å². The highest BCUT2D eigenvalue weighted by molar-refractivity contribution is 6.68. The third kappa shape index (κ3) is 2.42.